The first-order chi connectivity index (χ1) is 15.9. The Hall–Kier alpha value is -2.15. The zero-order valence-corrected chi connectivity index (χ0v) is 22.1. The van der Waals surface area contributed by atoms with Crippen LogP contribution >= 0.6 is 23.4 Å². The van der Waals surface area contributed by atoms with Crippen LogP contribution in [-0.2, 0) is 6.54 Å². The molecule has 182 valence electrons. The van der Waals surface area contributed by atoms with Gasteiger partial charge in [0.2, 0.25) is 0 Å². The van der Waals surface area contributed by atoms with Crippen LogP contribution in [0.1, 0.15) is 69.7 Å². The van der Waals surface area contributed by atoms with Gasteiger partial charge in [0.25, 0.3) is 0 Å². The number of benzene rings is 2. The van der Waals surface area contributed by atoms with Crippen molar-refractivity contribution in [1.82, 2.24) is 9.63 Å². The first kappa shape index (κ1) is 25.0. The van der Waals surface area contributed by atoms with E-state index in [9.17, 15) is 10.0 Å². The largest absolute Gasteiger partial charge is 0.350 e. The number of nitrogens with two attached hydrogens (primary N) is 1. The SMILES string of the molecule is CC(C)c1ccc2c(c1)c(SC(C)(C)C)c([C@@H]1C[C@H]1CN(O)C(N)=O)n2Cc1ccc(Cl)cc1. The summed E-state index contributed by atoms with van der Waals surface area (Å²) in [5, 5.41) is 12.6. The Bertz CT molecular complexity index is 1200. The molecule has 0 aliphatic heterocycles. The van der Waals surface area contributed by atoms with E-state index in [0.717, 1.165) is 18.0 Å². The first-order valence-corrected chi connectivity index (χ1v) is 13.0. The zero-order valence-electron chi connectivity index (χ0n) is 20.5. The van der Waals surface area contributed by atoms with E-state index in [1.54, 1.807) is 0 Å². The normalized spacial score (nSPS) is 18.0. The van der Waals surface area contributed by atoms with Crippen LogP contribution in [0.15, 0.2) is 47.4 Å². The van der Waals surface area contributed by atoms with Gasteiger partial charge in [-0.3, -0.25) is 5.21 Å². The van der Waals surface area contributed by atoms with Gasteiger partial charge in [-0.05, 0) is 53.6 Å². The fourth-order valence-electron chi connectivity index (χ4n) is 4.54. The number of nitrogens with zero attached hydrogens (tertiary/aromatic N) is 2. The van der Waals surface area contributed by atoms with E-state index >= 15 is 0 Å². The summed E-state index contributed by atoms with van der Waals surface area (Å²) in [6.07, 6.45) is 0.913. The summed E-state index contributed by atoms with van der Waals surface area (Å²) in [5.41, 5.74) is 10.3. The van der Waals surface area contributed by atoms with E-state index in [0.29, 0.717) is 11.0 Å². The summed E-state index contributed by atoms with van der Waals surface area (Å²) < 4.78 is 2.45. The molecule has 2 atom stereocenters. The third kappa shape index (κ3) is 5.40. The molecule has 3 N–H and O–H groups in total. The van der Waals surface area contributed by atoms with Crippen molar-refractivity contribution < 1.29 is 10.0 Å². The average Bonchev–Trinajstić information content (AvgIpc) is 3.44. The number of amides is 2. The Balaban J connectivity index is 1.86. The molecule has 0 spiro atoms. The van der Waals surface area contributed by atoms with Gasteiger partial charge in [0, 0.05) is 43.7 Å². The lowest BCUT2D eigenvalue weighted by Gasteiger charge is -2.20. The zero-order chi connectivity index (χ0) is 24.8. The van der Waals surface area contributed by atoms with Gasteiger partial charge in [0.15, 0.2) is 0 Å². The summed E-state index contributed by atoms with van der Waals surface area (Å²) in [7, 11) is 0. The van der Waals surface area contributed by atoms with Gasteiger partial charge in [0.05, 0.1) is 6.54 Å². The van der Waals surface area contributed by atoms with Crippen molar-refractivity contribution in [2.45, 2.75) is 69.1 Å². The Morgan fingerprint density at radius 3 is 2.50 bits per heavy atom. The number of carbonyl (C=O) groups excluding carboxylic acids is 1. The second-order valence-corrected chi connectivity index (χ2v) is 12.9. The third-order valence-electron chi connectivity index (χ3n) is 6.34. The van der Waals surface area contributed by atoms with Crippen molar-refractivity contribution in [2.75, 3.05) is 6.54 Å². The molecule has 2 aromatic carbocycles. The maximum atomic E-state index is 11.4. The van der Waals surface area contributed by atoms with E-state index < -0.39 is 6.03 Å². The summed E-state index contributed by atoms with van der Waals surface area (Å²) in [5.74, 6) is 0.864. The molecule has 4 rings (SSSR count). The monoisotopic (exact) mass is 499 g/mol. The number of rotatable bonds is 7. The molecule has 1 aromatic heterocycles. The highest BCUT2D eigenvalue weighted by Crippen LogP contribution is 2.54. The topological polar surface area (TPSA) is 71.5 Å². The van der Waals surface area contributed by atoms with Gasteiger partial charge in [-0.1, -0.05) is 64.4 Å². The molecule has 3 aromatic rings. The van der Waals surface area contributed by atoms with Crippen LogP contribution in [0.5, 0.6) is 0 Å². The van der Waals surface area contributed by atoms with E-state index in [2.05, 4.69) is 69.5 Å². The Kier molecular flexibility index (Phi) is 6.96. The molecule has 2 amide bonds. The van der Waals surface area contributed by atoms with Crippen LogP contribution in [-0.4, -0.2) is 32.2 Å². The number of urea groups is 1. The average molecular weight is 500 g/mol. The fourth-order valence-corrected chi connectivity index (χ4v) is 5.92. The summed E-state index contributed by atoms with van der Waals surface area (Å²) in [6, 6.07) is 14.0. The van der Waals surface area contributed by atoms with E-state index in [1.165, 1.54) is 32.6 Å². The molecule has 0 bridgehead atoms. The van der Waals surface area contributed by atoms with Gasteiger partial charge < -0.3 is 10.3 Å². The van der Waals surface area contributed by atoms with Gasteiger partial charge in [-0.15, -0.1) is 11.8 Å². The lowest BCUT2D eigenvalue weighted by atomic mass is 10.0. The molecular weight excluding hydrogens is 466 g/mol. The number of fused-ring (bicyclic) bond motifs is 1. The van der Waals surface area contributed by atoms with Crippen LogP contribution in [0.25, 0.3) is 10.9 Å². The standard InChI is InChI=1S/C27H34ClN3O2S/c1-16(2)18-8-11-23-22(12-18)25(34-27(3,4)5)24(21-13-19(21)15-31(33)26(29)32)30(23)14-17-6-9-20(28)10-7-17/h6-12,16,19,21,33H,13-15H2,1-5H3,(H2,29,32)/t19-,21+/m0/s1. The molecule has 1 heterocycles. The van der Waals surface area contributed by atoms with Gasteiger partial charge in [-0.25, -0.2) is 9.86 Å². The number of aromatic nitrogens is 1. The highest BCUT2D eigenvalue weighted by molar-refractivity contribution is 8.00. The molecule has 7 heteroatoms. The van der Waals surface area contributed by atoms with Crippen molar-refractivity contribution >= 4 is 40.3 Å². The summed E-state index contributed by atoms with van der Waals surface area (Å²) >= 11 is 8.04. The quantitative estimate of drug-likeness (QED) is 0.204. The van der Waals surface area contributed by atoms with E-state index in [1.807, 2.05) is 23.9 Å². The number of hydrogen-bond acceptors (Lipinski definition) is 3. The lowest BCUT2D eigenvalue weighted by Crippen LogP contribution is -2.34. The minimum Gasteiger partial charge on any atom is -0.350 e. The predicted octanol–water partition coefficient (Wildman–Crippen LogP) is 7.23. The highest BCUT2D eigenvalue weighted by atomic mass is 35.5. The van der Waals surface area contributed by atoms with Crippen molar-refractivity contribution in [2.24, 2.45) is 11.7 Å². The Labute approximate surface area is 211 Å². The fraction of sp³-hybridized carbons (Fsp3) is 0.444. The Morgan fingerprint density at radius 2 is 1.91 bits per heavy atom. The van der Waals surface area contributed by atoms with Crippen molar-refractivity contribution in [3.05, 3.63) is 64.3 Å². The minimum absolute atomic E-state index is 0.0304. The summed E-state index contributed by atoms with van der Waals surface area (Å²) in [6.45, 7) is 12.1. The molecular formula is C27H34ClN3O2S. The molecule has 34 heavy (non-hydrogen) atoms. The number of halogens is 1. The predicted molar refractivity (Wildman–Crippen MR) is 141 cm³/mol. The minimum atomic E-state index is -0.807. The molecule has 1 saturated carbocycles. The maximum absolute atomic E-state index is 11.4. The van der Waals surface area contributed by atoms with Crippen molar-refractivity contribution in [3.8, 4) is 0 Å². The molecule has 1 aliphatic rings. The molecule has 0 radical (unpaired) electrons. The third-order valence-corrected chi connectivity index (χ3v) is 7.84. The number of thioether (sulfide) groups is 1. The van der Waals surface area contributed by atoms with Gasteiger partial charge in [0.1, 0.15) is 0 Å². The summed E-state index contributed by atoms with van der Waals surface area (Å²) in [4.78, 5) is 12.7. The Morgan fingerprint density at radius 1 is 1.24 bits per heavy atom. The molecule has 0 unspecified atom stereocenters. The van der Waals surface area contributed by atoms with Crippen LogP contribution in [0.3, 0.4) is 0 Å². The lowest BCUT2D eigenvalue weighted by molar-refractivity contribution is -0.0432. The number of hydroxylamine groups is 2. The smallest absolute Gasteiger partial charge is 0.338 e. The second-order valence-electron chi connectivity index (χ2n) is 10.6. The number of carbonyl (C=O) groups is 1. The molecule has 1 fully saturated rings. The first-order valence-electron chi connectivity index (χ1n) is 11.8. The molecule has 5 nitrogen and oxygen atoms in total. The van der Waals surface area contributed by atoms with E-state index in [4.69, 9.17) is 17.3 Å². The van der Waals surface area contributed by atoms with Crippen LogP contribution in [0, 0.1) is 5.92 Å². The van der Waals surface area contributed by atoms with Crippen molar-refractivity contribution in [1.29, 1.82) is 0 Å². The van der Waals surface area contributed by atoms with Crippen LogP contribution in [0.2, 0.25) is 5.02 Å². The highest BCUT2D eigenvalue weighted by Gasteiger charge is 2.44. The molecule has 0 saturated heterocycles. The molecule has 1 aliphatic carbocycles. The number of primary amides is 1. The van der Waals surface area contributed by atoms with Gasteiger partial charge >= 0.3 is 6.03 Å². The van der Waals surface area contributed by atoms with Crippen LogP contribution in [0.4, 0.5) is 4.79 Å². The van der Waals surface area contributed by atoms with Crippen molar-refractivity contribution in [3.63, 3.8) is 0 Å². The maximum Gasteiger partial charge on any atom is 0.338 e. The van der Waals surface area contributed by atoms with E-state index in [-0.39, 0.29) is 23.1 Å². The second kappa shape index (κ2) is 9.48. The van der Waals surface area contributed by atoms with Gasteiger partial charge in [-0.2, -0.15) is 0 Å². The number of hydrogen-bond donors (Lipinski definition) is 2. The van der Waals surface area contributed by atoms with Crippen LogP contribution < -0.4 is 5.73 Å².